The molecule has 3 nitrogen and oxygen atoms in total. The maximum absolute atomic E-state index is 11.4. The molecule has 0 spiro atoms. The van der Waals surface area contributed by atoms with Crippen molar-refractivity contribution in [2.75, 3.05) is 6.61 Å². The van der Waals surface area contributed by atoms with E-state index in [0.717, 1.165) is 19.3 Å². The number of cyclic esters (lactones) is 1. The van der Waals surface area contributed by atoms with Gasteiger partial charge in [0.1, 0.15) is 0 Å². The second-order valence-electron chi connectivity index (χ2n) is 4.55. The summed E-state index contributed by atoms with van der Waals surface area (Å²) in [6.45, 7) is 4.45. The van der Waals surface area contributed by atoms with Crippen molar-refractivity contribution >= 4 is 5.97 Å². The van der Waals surface area contributed by atoms with E-state index >= 15 is 0 Å². The largest absolute Gasteiger partial charge is 0.465 e. The highest BCUT2D eigenvalue weighted by Gasteiger charge is 2.36. The minimum absolute atomic E-state index is 0.0823. The Morgan fingerprint density at radius 1 is 1.40 bits per heavy atom. The summed E-state index contributed by atoms with van der Waals surface area (Å²) in [5, 5.41) is 9.86. The van der Waals surface area contributed by atoms with Crippen LogP contribution in [-0.4, -0.2) is 23.8 Å². The maximum Gasteiger partial charge on any atom is 0.311 e. The van der Waals surface area contributed by atoms with E-state index in [1.54, 1.807) is 0 Å². The normalized spacial score (nSPS) is 31.4. The smallest absolute Gasteiger partial charge is 0.311 e. The van der Waals surface area contributed by atoms with Gasteiger partial charge in [0.25, 0.3) is 0 Å². The molecule has 1 N–H and O–H groups in total. The number of ether oxygens (including phenoxy) is 1. The molecule has 0 aliphatic carbocycles. The van der Waals surface area contributed by atoms with Crippen LogP contribution in [0.1, 0.15) is 46.0 Å². The Hall–Kier alpha value is -0.570. The topological polar surface area (TPSA) is 46.5 Å². The number of aliphatic hydroxyl groups is 1. The molecular weight excluding hydrogens is 192 g/mol. The predicted octanol–water partition coefficient (Wildman–Crippen LogP) is 2.13. The van der Waals surface area contributed by atoms with Crippen molar-refractivity contribution in [1.29, 1.82) is 0 Å². The maximum atomic E-state index is 11.4. The standard InChI is InChI=1S/C12H22O3/c1-3-4-5-6-7-10-11(13)9(2)8-15-12(10)14/h9-11,13H,3-8H2,1-2H3/t9?,10-,11-/m1/s1. The Labute approximate surface area is 91.8 Å². The van der Waals surface area contributed by atoms with Gasteiger partial charge >= 0.3 is 5.97 Å². The minimum Gasteiger partial charge on any atom is -0.465 e. The molecule has 15 heavy (non-hydrogen) atoms. The fourth-order valence-corrected chi connectivity index (χ4v) is 2.03. The lowest BCUT2D eigenvalue weighted by atomic mass is 9.86. The fraction of sp³-hybridized carbons (Fsp3) is 0.917. The molecule has 3 atom stereocenters. The molecule has 1 rings (SSSR count). The van der Waals surface area contributed by atoms with E-state index in [2.05, 4.69) is 6.92 Å². The lowest BCUT2D eigenvalue weighted by Gasteiger charge is -2.31. The van der Waals surface area contributed by atoms with Crippen LogP contribution in [0.15, 0.2) is 0 Å². The zero-order valence-corrected chi connectivity index (χ0v) is 9.74. The molecule has 0 aromatic carbocycles. The summed E-state index contributed by atoms with van der Waals surface area (Å²) in [7, 11) is 0. The van der Waals surface area contributed by atoms with E-state index in [4.69, 9.17) is 4.74 Å². The minimum atomic E-state index is -0.507. The average molecular weight is 214 g/mol. The molecule has 1 fully saturated rings. The van der Waals surface area contributed by atoms with E-state index in [1.165, 1.54) is 12.8 Å². The highest BCUT2D eigenvalue weighted by atomic mass is 16.5. The van der Waals surface area contributed by atoms with Crippen LogP contribution in [0.2, 0.25) is 0 Å². The van der Waals surface area contributed by atoms with Crippen LogP contribution in [0, 0.1) is 11.8 Å². The van der Waals surface area contributed by atoms with E-state index < -0.39 is 6.10 Å². The quantitative estimate of drug-likeness (QED) is 0.563. The number of aliphatic hydroxyl groups excluding tert-OH is 1. The number of carbonyl (C=O) groups excluding carboxylic acids is 1. The van der Waals surface area contributed by atoms with Gasteiger partial charge in [-0.05, 0) is 6.42 Å². The van der Waals surface area contributed by atoms with Crippen LogP contribution in [-0.2, 0) is 9.53 Å². The predicted molar refractivity (Wildman–Crippen MR) is 58.4 cm³/mol. The van der Waals surface area contributed by atoms with Crippen molar-refractivity contribution in [2.45, 2.75) is 52.1 Å². The van der Waals surface area contributed by atoms with Crippen molar-refractivity contribution in [2.24, 2.45) is 11.8 Å². The monoisotopic (exact) mass is 214 g/mol. The zero-order valence-electron chi connectivity index (χ0n) is 9.74. The van der Waals surface area contributed by atoms with E-state index in [1.807, 2.05) is 6.92 Å². The van der Waals surface area contributed by atoms with Gasteiger partial charge in [-0.15, -0.1) is 0 Å². The summed E-state index contributed by atoms with van der Waals surface area (Å²) in [4.78, 5) is 11.4. The number of unbranched alkanes of at least 4 members (excludes halogenated alkanes) is 3. The van der Waals surface area contributed by atoms with Crippen LogP contribution < -0.4 is 0 Å². The Morgan fingerprint density at radius 3 is 2.80 bits per heavy atom. The van der Waals surface area contributed by atoms with Crippen molar-refractivity contribution in [3.63, 3.8) is 0 Å². The van der Waals surface area contributed by atoms with E-state index in [0.29, 0.717) is 6.61 Å². The molecule has 88 valence electrons. The number of hydrogen-bond acceptors (Lipinski definition) is 3. The van der Waals surface area contributed by atoms with E-state index in [-0.39, 0.29) is 17.8 Å². The lowest BCUT2D eigenvalue weighted by Crippen LogP contribution is -2.42. The Morgan fingerprint density at radius 2 is 2.13 bits per heavy atom. The third-order valence-corrected chi connectivity index (χ3v) is 3.16. The Bertz CT molecular complexity index is 203. The molecule has 0 aromatic rings. The molecule has 0 radical (unpaired) electrons. The Kier molecular flexibility index (Phi) is 5.09. The van der Waals surface area contributed by atoms with Gasteiger partial charge < -0.3 is 9.84 Å². The molecular formula is C12H22O3. The van der Waals surface area contributed by atoms with Gasteiger partial charge in [0.05, 0.1) is 18.6 Å². The van der Waals surface area contributed by atoms with Gasteiger partial charge in [0.15, 0.2) is 0 Å². The fourth-order valence-electron chi connectivity index (χ4n) is 2.03. The molecule has 0 amide bonds. The SMILES string of the molecule is CCCCCC[C@H]1C(=O)OCC(C)[C@H]1O. The number of esters is 1. The third kappa shape index (κ3) is 3.49. The van der Waals surface area contributed by atoms with Crippen molar-refractivity contribution < 1.29 is 14.6 Å². The molecule has 1 aliphatic heterocycles. The van der Waals surface area contributed by atoms with Crippen molar-refractivity contribution in [3.8, 4) is 0 Å². The van der Waals surface area contributed by atoms with Crippen LogP contribution in [0.4, 0.5) is 0 Å². The summed E-state index contributed by atoms with van der Waals surface area (Å²) in [6.07, 6.45) is 4.80. The van der Waals surface area contributed by atoms with Gasteiger partial charge in [0, 0.05) is 5.92 Å². The first kappa shape index (κ1) is 12.5. The molecule has 3 heteroatoms. The molecule has 1 saturated heterocycles. The third-order valence-electron chi connectivity index (χ3n) is 3.16. The van der Waals surface area contributed by atoms with Crippen molar-refractivity contribution in [3.05, 3.63) is 0 Å². The molecule has 1 unspecified atom stereocenters. The first-order chi connectivity index (χ1) is 7.16. The molecule has 0 bridgehead atoms. The van der Waals surface area contributed by atoms with Crippen LogP contribution >= 0.6 is 0 Å². The summed E-state index contributed by atoms with van der Waals surface area (Å²) in [5.41, 5.74) is 0. The molecule has 0 saturated carbocycles. The summed E-state index contributed by atoms with van der Waals surface area (Å²) in [5.74, 6) is -0.415. The second kappa shape index (κ2) is 6.11. The number of hydrogen-bond donors (Lipinski definition) is 1. The van der Waals surface area contributed by atoms with Gasteiger partial charge in [-0.25, -0.2) is 0 Å². The first-order valence-electron chi connectivity index (χ1n) is 6.01. The van der Waals surface area contributed by atoms with Gasteiger partial charge in [-0.2, -0.15) is 0 Å². The van der Waals surface area contributed by atoms with Gasteiger partial charge in [-0.3, -0.25) is 4.79 Å². The van der Waals surface area contributed by atoms with Gasteiger partial charge in [-0.1, -0.05) is 39.5 Å². The van der Waals surface area contributed by atoms with E-state index in [9.17, 15) is 9.90 Å². The number of rotatable bonds is 5. The van der Waals surface area contributed by atoms with Crippen LogP contribution in [0.5, 0.6) is 0 Å². The first-order valence-corrected chi connectivity index (χ1v) is 6.01. The molecule has 1 heterocycles. The van der Waals surface area contributed by atoms with Gasteiger partial charge in [0.2, 0.25) is 0 Å². The molecule has 0 aromatic heterocycles. The van der Waals surface area contributed by atoms with Crippen molar-refractivity contribution in [1.82, 2.24) is 0 Å². The Balaban J connectivity index is 2.33. The summed E-state index contributed by atoms with van der Waals surface area (Å²) < 4.78 is 5.03. The lowest BCUT2D eigenvalue weighted by molar-refractivity contribution is -0.166. The second-order valence-corrected chi connectivity index (χ2v) is 4.55. The summed E-state index contributed by atoms with van der Waals surface area (Å²) >= 11 is 0. The zero-order chi connectivity index (χ0) is 11.3. The molecule has 1 aliphatic rings. The highest BCUT2D eigenvalue weighted by molar-refractivity contribution is 5.73. The van der Waals surface area contributed by atoms with Crippen LogP contribution in [0.25, 0.3) is 0 Å². The number of carbonyl (C=O) groups is 1. The van der Waals surface area contributed by atoms with Crippen LogP contribution in [0.3, 0.4) is 0 Å². The summed E-state index contributed by atoms with van der Waals surface area (Å²) in [6, 6.07) is 0. The highest BCUT2D eigenvalue weighted by Crippen LogP contribution is 2.25. The average Bonchev–Trinajstić information content (AvgIpc) is 2.23.